The van der Waals surface area contributed by atoms with Crippen LogP contribution in [0.2, 0.25) is 0 Å². The van der Waals surface area contributed by atoms with Crippen molar-refractivity contribution in [2.45, 2.75) is 13.8 Å². The van der Waals surface area contributed by atoms with Crippen LogP contribution < -0.4 is 4.74 Å². The molecule has 0 aliphatic rings. The molecule has 0 fully saturated rings. The Kier molecular flexibility index (Phi) is 4.96. The van der Waals surface area contributed by atoms with E-state index >= 15 is 0 Å². The summed E-state index contributed by atoms with van der Waals surface area (Å²) < 4.78 is 41.6. The third-order valence-corrected chi connectivity index (χ3v) is 1.21. The van der Waals surface area contributed by atoms with Crippen molar-refractivity contribution in [1.29, 1.82) is 0 Å². The zero-order chi connectivity index (χ0) is 10.4. The number of hydrogen-bond acceptors (Lipinski definition) is 1. The highest BCUT2D eigenvalue weighted by Gasteiger charge is 2.13. The average Bonchev–Trinajstić information content (AvgIpc) is 2.16. The fraction of sp³-hybridized carbons (Fsp3) is 0.333. The van der Waals surface area contributed by atoms with Crippen molar-refractivity contribution in [3.05, 3.63) is 29.6 Å². The van der Waals surface area contributed by atoms with Crippen LogP contribution in [0.3, 0.4) is 0 Å². The van der Waals surface area contributed by atoms with Crippen molar-refractivity contribution >= 4 is 0 Å². The molecule has 74 valence electrons. The van der Waals surface area contributed by atoms with Crippen molar-refractivity contribution in [1.82, 2.24) is 0 Å². The van der Waals surface area contributed by atoms with Gasteiger partial charge in [0.25, 0.3) is 0 Å². The van der Waals surface area contributed by atoms with Gasteiger partial charge in [0, 0.05) is 0 Å². The summed E-state index contributed by atoms with van der Waals surface area (Å²) >= 11 is 0. The van der Waals surface area contributed by atoms with Crippen LogP contribution in [-0.4, -0.2) is 7.11 Å². The van der Waals surface area contributed by atoms with Crippen molar-refractivity contribution in [2.75, 3.05) is 7.11 Å². The largest absolute Gasteiger partial charge is 0.491 e. The number of ether oxygens (including phenoxy) is 1. The fourth-order valence-corrected chi connectivity index (χ4v) is 0.696. The van der Waals surface area contributed by atoms with Gasteiger partial charge in [0.1, 0.15) is 0 Å². The van der Waals surface area contributed by atoms with Crippen molar-refractivity contribution in [2.24, 2.45) is 0 Å². The van der Waals surface area contributed by atoms with Gasteiger partial charge in [-0.05, 0) is 12.1 Å². The average molecular weight is 192 g/mol. The quantitative estimate of drug-likeness (QED) is 0.621. The molecule has 0 bridgehead atoms. The molecule has 0 unspecified atom stereocenters. The molecule has 0 amide bonds. The van der Waals surface area contributed by atoms with E-state index in [0.717, 1.165) is 13.2 Å². The normalized spacial score (nSPS) is 8.77. The van der Waals surface area contributed by atoms with Crippen LogP contribution >= 0.6 is 0 Å². The van der Waals surface area contributed by atoms with E-state index in [9.17, 15) is 13.2 Å². The molecule has 0 aromatic heterocycles. The maximum Gasteiger partial charge on any atom is 0.203 e. The van der Waals surface area contributed by atoms with Gasteiger partial charge in [-0.2, -0.15) is 4.39 Å². The molecule has 0 saturated heterocycles. The highest BCUT2D eigenvalue weighted by atomic mass is 19.2. The second-order valence-corrected chi connectivity index (χ2v) is 1.88. The summed E-state index contributed by atoms with van der Waals surface area (Å²) in [6, 6.07) is 1.50. The van der Waals surface area contributed by atoms with Crippen molar-refractivity contribution in [3.8, 4) is 5.75 Å². The second kappa shape index (κ2) is 5.45. The summed E-state index contributed by atoms with van der Waals surface area (Å²) in [5, 5.41) is 0. The molecule has 0 radical (unpaired) electrons. The first-order valence-electron chi connectivity index (χ1n) is 3.84. The monoisotopic (exact) mass is 192 g/mol. The Morgan fingerprint density at radius 3 is 1.85 bits per heavy atom. The lowest BCUT2D eigenvalue weighted by atomic mass is 10.3. The van der Waals surface area contributed by atoms with Gasteiger partial charge in [0.15, 0.2) is 17.4 Å². The van der Waals surface area contributed by atoms with Crippen LogP contribution in [0.4, 0.5) is 13.2 Å². The predicted octanol–water partition coefficient (Wildman–Crippen LogP) is 3.14. The topological polar surface area (TPSA) is 9.23 Å². The summed E-state index contributed by atoms with van der Waals surface area (Å²) in [7, 11) is 1.07. The van der Waals surface area contributed by atoms with Gasteiger partial charge in [-0.25, -0.2) is 8.78 Å². The van der Waals surface area contributed by atoms with Crippen LogP contribution in [0.1, 0.15) is 13.8 Å². The van der Waals surface area contributed by atoms with Crippen molar-refractivity contribution in [3.63, 3.8) is 0 Å². The van der Waals surface area contributed by atoms with Gasteiger partial charge in [-0.3, -0.25) is 0 Å². The molecule has 0 aliphatic heterocycles. The van der Waals surface area contributed by atoms with E-state index in [4.69, 9.17) is 0 Å². The second-order valence-electron chi connectivity index (χ2n) is 1.88. The zero-order valence-electron chi connectivity index (χ0n) is 7.70. The first-order valence-corrected chi connectivity index (χ1v) is 3.84. The first-order chi connectivity index (χ1) is 6.16. The van der Waals surface area contributed by atoms with Gasteiger partial charge in [0.05, 0.1) is 7.11 Å². The Labute approximate surface area is 75.1 Å². The Hall–Kier alpha value is -1.19. The summed E-state index contributed by atoms with van der Waals surface area (Å²) in [6.45, 7) is 4.00. The molecule has 1 aromatic rings. The molecule has 1 rings (SSSR count). The molecule has 4 heteroatoms. The highest BCUT2D eigenvalue weighted by molar-refractivity contribution is 5.26. The molecule has 0 aliphatic carbocycles. The van der Waals surface area contributed by atoms with Crippen LogP contribution in [0.15, 0.2) is 12.1 Å². The number of benzene rings is 1. The molecule has 0 spiro atoms. The minimum Gasteiger partial charge on any atom is -0.491 e. The van der Waals surface area contributed by atoms with E-state index in [1.807, 2.05) is 13.8 Å². The van der Waals surface area contributed by atoms with E-state index in [1.54, 1.807) is 0 Å². The summed E-state index contributed by atoms with van der Waals surface area (Å²) in [5.41, 5.74) is 0. The number of methoxy groups -OCH3 is 1. The maximum atomic E-state index is 12.5. The Morgan fingerprint density at radius 2 is 1.46 bits per heavy atom. The van der Waals surface area contributed by atoms with E-state index in [0.29, 0.717) is 6.07 Å². The number of rotatable bonds is 1. The van der Waals surface area contributed by atoms with Gasteiger partial charge in [-0.1, -0.05) is 13.8 Å². The minimum absolute atomic E-state index is 0.690. The SMILES string of the molecule is CC.COc1c(F)ccc(F)c1F. The van der Waals surface area contributed by atoms with Gasteiger partial charge < -0.3 is 4.74 Å². The summed E-state index contributed by atoms with van der Waals surface area (Å²) in [4.78, 5) is 0. The van der Waals surface area contributed by atoms with E-state index in [1.165, 1.54) is 0 Å². The van der Waals surface area contributed by atoms with Crippen LogP contribution in [-0.2, 0) is 0 Å². The van der Waals surface area contributed by atoms with Crippen molar-refractivity contribution < 1.29 is 17.9 Å². The van der Waals surface area contributed by atoms with E-state index in [-0.39, 0.29) is 0 Å². The number of hydrogen-bond donors (Lipinski definition) is 0. The molecule has 13 heavy (non-hydrogen) atoms. The third-order valence-electron chi connectivity index (χ3n) is 1.21. The molecule has 0 atom stereocenters. The predicted molar refractivity (Wildman–Crippen MR) is 44.2 cm³/mol. The smallest absolute Gasteiger partial charge is 0.203 e. The minimum atomic E-state index is -1.30. The van der Waals surface area contributed by atoms with Crippen LogP contribution in [0.5, 0.6) is 5.75 Å². The van der Waals surface area contributed by atoms with Gasteiger partial charge >= 0.3 is 0 Å². The molecule has 0 heterocycles. The van der Waals surface area contributed by atoms with E-state index < -0.39 is 23.2 Å². The summed E-state index contributed by atoms with van der Waals surface area (Å²) in [5.74, 6) is -4.02. The maximum absolute atomic E-state index is 12.5. The molecular weight excluding hydrogens is 181 g/mol. The van der Waals surface area contributed by atoms with Gasteiger partial charge in [0.2, 0.25) is 5.82 Å². The Bertz CT molecular complexity index is 274. The Balaban J connectivity index is 0.000000671. The fourth-order valence-electron chi connectivity index (χ4n) is 0.696. The lowest BCUT2D eigenvalue weighted by molar-refractivity contribution is 0.347. The number of halogens is 3. The molecular formula is C9H11F3O. The summed E-state index contributed by atoms with van der Waals surface area (Å²) in [6.07, 6.45) is 0. The van der Waals surface area contributed by atoms with Crippen LogP contribution in [0.25, 0.3) is 0 Å². The van der Waals surface area contributed by atoms with E-state index in [2.05, 4.69) is 4.74 Å². The lowest BCUT2D eigenvalue weighted by Crippen LogP contribution is -1.94. The third kappa shape index (κ3) is 2.65. The Morgan fingerprint density at radius 1 is 1.00 bits per heavy atom. The van der Waals surface area contributed by atoms with Crippen LogP contribution in [0, 0.1) is 17.5 Å². The molecule has 0 saturated carbocycles. The van der Waals surface area contributed by atoms with Gasteiger partial charge in [-0.15, -0.1) is 0 Å². The molecule has 1 aromatic carbocycles. The zero-order valence-corrected chi connectivity index (χ0v) is 7.70. The standard InChI is InChI=1S/C7H5F3O.C2H6/c1-11-7-5(9)3-2-4(8)6(7)10;1-2/h2-3H,1H3;1-2H3. The lowest BCUT2D eigenvalue weighted by Gasteiger charge is -2.02. The molecule has 0 N–H and O–H groups in total. The highest BCUT2D eigenvalue weighted by Crippen LogP contribution is 2.22. The first kappa shape index (κ1) is 11.8. The molecule has 1 nitrogen and oxygen atoms in total.